The second-order valence-corrected chi connectivity index (χ2v) is 7.14. The monoisotopic (exact) mass is 726 g/mol. The second-order valence-electron chi connectivity index (χ2n) is 7.14. The van der Waals surface area contributed by atoms with Gasteiger partial charge in [-0.3, -0.25) is 39.4 Å². The van der Waals surface area contributed by atoms with Crippen LogP contribution in [0.5, 0.6) is 11.5 Å². The van der Waals surface area contributed by atoms with Gasteiger partial charge in [0.2, 0.25) is 0 Å². The molecule has 20 nitrogen and oxygen atoms in total. The van der Waals surface area contributed by atoms with Crippen molar-refractivity contribution >= 4 is 57.3 Å². The average molecular weight is 728 g/mol. The molecule has 0 aliphatic heterocycles. The molecule has 0 aliphatic rings. The van der Waals surface area contributed by atoms with E-state index in [1.54, 1.807) is 0 Å². The summed E-state index contributed by atoms with van der Waals surface area (Å²) in [6.07, 6.45) is 0. The van der Waals surface area contributed by atoms with Crippen LogP contribution in [-0.2, 0) is 64.3 Å². The van der Waals surface area contributed by atoms with E-state index in [1.165, 1.54) is 0 Å². The number of benzene rings is 2. The van der Waals surface area contributed by atoms with E-state index in [4.69, 9.17) is 0 Å². The predicted octanol–water partition coefficient (Wildman–Crippen LogP) is -1.08. The van der Waals surface area contributed by atoms with Gasteiger partial charge in [0.15, 0.2) is 23.1 Å². The molecule has 0 bridgehead atoms. The first kappa shape index (κ1) is 52.0. The first-order chi connectivity index (χ1) is 17.6. The molecule has 0 spiro atoms. The van der Waals surface area contributed by atoms with Gasteiger partial charge in [-0.15, -0.1) is 22.9 Å². The van der Waals surface area contributed by atoms with Crippen molar-refractivity contribution in [1.29, 1.82) is 0 Å². The van der Waals surface area contributed by atoms with E-state index in [0.717, 1.165) is 64.1 Å². The summed E-state index contributed by atoms with van der Waals surface area (Å²) in [6.45, 7) is 4.57. The van der Waals surface area contributed by atoms with Gasteiger partial charge in [-0.1, -0.05) is 12.1 Å². The average Bonchev–Trinajstić information content (AvgIpc) is 2.80. The van der Waals surface area contributed by atoms with Crippen LogP contribution in [0.2, 0.25) is 0 Å². The molecule has 2 aromatic carbocycles. The second kappa shape index (κ2) is 23.9. The Hall–Kier alpha value is -4.66. The summed E-state index contributed by atoms with van der Waals surface area (Å²) in [6, 6.07) is 5.93. The van der Waals surface area contributed by atoms with Crippen LogP contribution in [0.1, 0.15) is 27.7 Å². The molecular formula is C22H28Cu2N6O14+2. The van der Waals surface area contributed by atoms with Gasteiger partial charge < -0.3 is 53.2 Å². The van der Waals surface area contributed by atoms with Crippen LogP contribution in [0.3, 0.4) is 0 Å². The number of hydrogen-bond acceptors (Lipinski definition) is 12. The minimum Gasteiger partial charge on any atom is -0.873 e. The molecule has 0 unspecified atom stereocenters. The van der Waals surface area contributed by atoms with Gasteiger partial charge in [-0.25, -0.2) is 0 Å². The first-order valence-corrected chi connectivity index (χ1v) is 10.2. The maximum atomic E-state index is 11.5. The summed E-state index contributed by atoms with van der Waals surface area (Å²) >= 11 is 0. The SMILES string of the molecule is CC(=O)C(=N[N-]c1ccc([N+](=O)[O-])cc1[O-])C(C)=O.CC(=O)C(=N[N-]c1ccc([N+](=O)[O-])cc1[O-])C(C)=O.O.O.[Cu+2].[Cu+2].[OH3+].[OH3+]. The van der Waals surface area contributed by atoms with Crippen molar-refractivity contribution in [3.05, 3.63) is 67.5 Å². The topological polar surface area (TPSA) is 383 Å². The Balaban J connectivity index is -0.000000144. The molecule has 2 rings (SSSR count). The summed E-state index contributed by atoms with van der Waals surface area (Å²) in [7, 11) is 0. The molecule has 0 heterocycles. The standard InChI is InChI=1S/2C11H11N3O5.2Cu.4H2O/c2*1-6(15)11(7(2)16)13-12-9-4-3-8(14(18)19)5-10(9)17;;;;;;/h2*3-5H,1-2H3,(H2,12,13,15,16,17);;;4*1H2/q;;2*+2;;;;/p-2. The van der Waals surface area contributed by atoms with Gasteiger partial charge in [-0.2, -0.15) is 0 Å². The van der Waals surface area contributed by atoms with Crippen LogP contribution >= 0.6 is 0 Å². The Morgan fingerprint density at radius 3 is 1.05 bits per heavy atom. The molecular weight excluding hydrogens is 699 g/mol. The Bertz CT molecular complexity index is 1250. The van der Waals surface area contributed by atoms with Crippen molar-refractivity contribution in [2.45, 2.75) is 27.7 Å². The van der Waals surface area contributed by atoms with Crippen molar-refractivity contribution in [2.75, 3.05) is 0 Å². The molecule has 0 amide bonds. The summed E-state index contributed by atoms with van der Waals surface area (Å²) in [5.74, 6) is -3.75. The van der Waals surface area contributed by atoms with Gasteiger partial charge in [-0.05, 0) is 0 Å². The van der Waals surface area contributed by atoms with Gasteiger partial charge >= 0.3 is 34.1 Å². The summed E-state index contributed by atoms with van der Waals surface area (Å²) < 4.78 is 0. The van der Waals surface area contributed by atoms with Crippen molar-refractivity contribution in [3.63, 3.8) is 0 Å². The zero-order chi connectivity index (χ0) is 29.2. The fourth-order valence-electron chi connectivity index (χ4n) is 2.38. The Morgan fingerprint density at radius 2 is 0.864 bits per heavy atom. The Labute approximate surface area is 269 Å². The van der Waals surface area contributed by atoms with E-state index in [1.807, 2.05) is 0 Å². The molecule has 0 saturated carbocycles. The largest absolute Gasteiger partial charge is 2.00 e. The summed E-state index contributed by atoms with van der Waals surface area (Å²) in [4.78, 5) is 63.6. The number of carbonyl (C=O) groups is 4. The van der Waals surface area contributed by atoms with E-state index in [9.17, 15) is 49.6 Å². The number of nitrogens with zero attached hydrogens (tertiary/aromatic N) is 6. The Morgan fingerprint density at radius 1 is 0.614 bits per heavy atom. The third kappa shape index (κ3) is 16.1. The van der Waals surface area contributed by atoms with Gasteiger partial charge in [0.1, 0.15) is 11.4 Å². The van der Waals surface area contributed by atoms with Crippen LogP contribution in [-0.4, -0.2) is 55.4 Å². The molecule has 0 aliphatic carbocycles. The third-order valence-corrected chi connectivity index (χ3v) is 4.16. The molecule has 2 radical (unpaired) electrons. The zero-order valence-electron chi connectivity index (χ0n) is 23.0. The fraction of sp³-hybridized carbons (Fsp3) is 0.182. The van der Waals surface area contributed by atoms with Gasteiger partial charge in [0.05, 0.1) is 9.85 Å². The molecule has 0 saturated heterocycles. The van der Waals surface area contributed by atoms with Crippen molar-refractivity contribution < 1.29 is 95.3 Å². The van der Waals surface area contributed by atoms with Crippen molar-refractivity contribution in [3.8, 4) is 11.5 Å². The molecule has 22 heteroatoms. The van der Waals surface area contributed by atoms with Gasteiger partial charge in [0, 0.05) is 52.0 Å². The molecule has 0 aromatic heterocycles. The van der Waals surface area contributed by atoms with E-state index < -0.39 is 55.9 Å². The summed E-state index contributed by atoms with van der Waals surface area (Å²) in [5.41, 5.74) is 5.02. The molecule has 250 valence electrons. The molecule has 0 fully saturated rings. The van der Waals surface area contributed by atoms with E-state index in [-0.39, 0.29) is 78.8 Å². The summed E-state index contributed by atoms with van der Waals surface area (Å²) in [5, 5.41) is 50.6. The minimum atomic E-state index is -0.718. The Kier molecular flexibility index (Phi) is 28.2. The molecule has 2 aromatic rings. The van der Waals surface area contributed by atoms with E-state index in [0.29, 0.717) is 0 Å². The van der Waals surface area contributed by atoms with Gasteiger partial charge in [0.25, 0.3) is 11.4 Å². The normalized spacial score (nSPS) is 8.27. The molecule has 10 N–H and O–H groups in total. The van der Waals surface area contributed by atoms with E-state index >= 15 is 0 Å². The minimum absolute atomic E-state index is 0. The number of rotatable bonds is 10. The van der Waals surface area contributed by atoms with Crippen LogP contribution in [0.15, 0.2) is 46.6 Å². The van der Waals surface area contributed by atoms with Crippen molar-refractivity contribution in [1.82, 2.24) is 0 Å². The number of carbonyl (C=O) groups excluding carboxylic acids is 4. The van der Waals surface area contributed by atoms with E-state index in [2.05, 4.69) is 21.1 Å². The maximum absolute atomic E-state index is 11.5. The predicted molar refractivity (Wildman–Crippen MR) is 146 cm³/mol. The zero-order valence-corrected chi connectivity index (χ0v) is 24.9. The number of non-ortho nitro benzene ring substituents is 2. The number of Topliss-reactive ketones (excluding diaryl/α,β-unsaturated/α-hetero) is 4. The smallest absolute Gasteiger partial charge is 0.873 e. The molecule has 44 heavy (non-hydrogen) atoms. The number of ketones is 4. The number of nitro benzene ring substituents is 2. The van der Waals surface area contributed by atoms with Crippen LogP contribution in [0, 0.1) is 20.2 Å². The van der Waals surface area contributed by atoms with Crippen LogP contribution in [0.25, 0.3) is 10.9 Å². The quantitative estimate of drug-likeness (QED) is 0.0711. The molecule has 0 atom stereocenters. The van der Waals surface area contributed by atoms with Crippen LogP contribution < -0.4 is 10.2 Å². The first-order valence-electron chi connectivity index (χ1n) is 10.2. The van der Waals surface area contributed by atoms with Crippen molar-refractivity contribution in [2.24, 2.45) is 10.2 Å². The third-order valence-electron chi connectivity index (χ3n) is 4.16. The number of nitro groups is 2. The number of hydrogen-bond donors (Lipinski definition) is 0. The van der Waals surface area contributed by atoms with Crippen LogP contribution in [0.4, 0.5) is 22.7 Å². The fourth-order valence-corrected chi connectivity index (χ4v) is 2.38. The maximum Gasteiger partial charge on any atom is 2.00 e.